The average molecular weight is 279 g/mol. The van der Waals surface area contributed by atoms with E-state index in [9.17, 15) is 0 Å². The van der Waals surface area contributed by atoms with Crippen LogP contribution in [0.3, 0.4) is 0 Å². The second kappa shape index (κ2) is 6.22. The summed E-state index contributed by atoms with van der Waals surface area (Å²) in [7, 11) is 1.66. The van der Waals surface area contributed by atoms with Gasteiger partial charge in [-0.1, -0.05) is 24.3 Å². The molecule has 2 aromatic rings. The van der Waals surface area contributed by atoms with Gasteiger partial charge in [-0.15, -0.1) is 0 Å². The molecule has 0 spiro atoms. The van der Waals surface area contributed by atoms with Gasteiger partial charge in [0.05, 0.1) is 12.8 Å². The lowest BCUT2D eigenvalue weighted by Gasteiger charge is -2.11. The maximum Gasteiger partial charge on any atom is 0.134 e. The van der Waals surface area contributed by atoms with Crippen molar-refractivity contribution >= 4 is 5.82 Å². The molecule has 0 atom stereocenters. The SMILES string of the molecule is COc1ccccc1-c1cc(NC2=CCCC=C2)ncn1. The standard InChI is InChI=1S/C17H17N3O/c1-21-16-10-6-5-9-14(16)15-11-17(19-12-18-15)20-13-7-3-2-4-8-13/h3,5-12H,2,4H2,1H3,(H,18,19,20). The molecule has 1 aliphatic rings. The van der Waals surface area contributed by atoms with Crippen molar-refractivity contribution in [3.8, 4) is 17.0 Å². The normalized spacial score (nSPS) is 13.7. The second-order valence-electron chi connectivity index (χ2n) is 4.75. The van der Waals surface area contributed by atoms with E-state index in [1.54, 1.807) is 13.4 Å². The zero-order valence-electron chi connectivity index (χ0n) is 11.9. The van der Waals surface area contributed by atoms with Crippen molar-refractivity contribution in [3.05, 3.63) is 60.6 Å². The molecule has 0 saturated carbocycles. The number of ether oxygens (including phenoxy) is 1. The first-order valence-electron chi connectivity index (χ1n) is 6.96. The third kappa shape index (κ3) is 3.11. The van der Waals surface area contributed by atoms with E-state index in [0.717, 1.165) is 41.4 Å². The largest absolute Gasteiger partial charge is 0.496 e. The zero-order chi connectivity index (χ0) is 14.5. The lowest BCUT2D eigenvalue weighted by atomic mass is 10.1. The van der Waals surface area contributed by atoms with Gasteiger partial charge in [0.1, 0.15) is 17.9 Å². The molecule has 0 unspecified atom stereocenters. The van der Waals surface area contributed by atoms with Crippen molar-refractivity contribution in [2.45, 2.75) is 12.8 Å². The molecule has 4 nitrogen and oxygen atoms in total. The van der Waals surface area contributed by atoms with Crippen LogP contribution in [0.15, 0.2) is 60.6 Å². The summed E-state index contributed by atoms with van der Waals surface area (Å²) >= 11 is 0. The van der Waals surface area contributed by atoms with Gasteiger partial charge in [0, 0.05) is 17.3 Å². The van der Waals surface area contributed by atoms with Crippen molar-refractivity contribution in [2.24, 2.45) is 0 Å². The quantitative estimate of drug-likeness (QED) is 0.924. The van der Waals surface area contributed by atoms with Crippen LogP contribution in [0.25, 0.3) is 11.3 Å². The minimum atomic E-state index is 0.781. The van der Waals surface area contributed by atoms with Gasteiger partial charge in [-0.25, -0.2) is 9.97 Å². The van der Waals surface area contributed by atoms with Gasteiger partial charge in [0.15, 0.2) is 0 Å². The van der Waals surface area contributed by atoms with E-state index in [2.05, 4.69) is 33.5 Å². The Hall–Kier alpha value is -2.62. The van der Waals surface area contributed by atoms with Crippen molar-refractivity contribution in [1.29, 1.82) is 0 Å². The van der Waals surface area contributed by atoms with Crippen LogP contribution in [-0.4, -0.2) is 17.1 Å². The fourth-order valence-corrected chi connectivity index (χ4v) is 2.28. The number of aromatic nitrogens is 2. The lowest BCUT2D eigenvalue weighted by Crippen LogP contribution is -2.02. The van der Waals surface area contributed by atoms with Gasteiger partial charge in [0.2, 0.25) is 0 Å². The molecule has 1 heterocycles. The molecule has 3 rings (SSSR count). The summed E-state index contributed by atoms with van der Waals surface area (Å²) in [5.74, 6) is 1.59. The summed E-state index contributed by atoms with van der Waals surface area (Å²) in [6.45, 7) is 0. The van der Waals surface area contributed by atoms with Gasteiger partial charge >= 0.3 is 0 Å². The Morgan fingerprint density at radius 2 is 2.05 bits per heavy atom. The number of hydrogen-bond acceptors (Lipinski definition) is 4. The summed E-state index contributed by atoms with van der Waals surface area (Å²) in [5, 5.41) is 3.31. The number of nitrogens with one attached hydrogen (secondary N) is 1. The van der Waals surface area contributed by atoms with Crippen molar-refractivity contribution < 1.29 is 4.74 Å². The molecule has 0 radical (unpaired) electrons. The van der Waals surface area contributed by atoms with Crippen LogP contribution in [0.4, 0.5) is 5.82 Å². The summed E-state index contributed by atoms with van der Waals surface area (Å²) in [4.78, 5) is 8.62. The Labute approximate surface area is 124 Å². The first-order chi connectivity index (χ1) is 10.4. The molecule has 4 heteroatoms. The number of allylic oxidation sites excluding steroid dienone is 3. The van der Waals surface area contributed by atoms with E-state index >= 15 is 0 Å². The summed E-state index contributed by atoms with van der Waals surface area (Å²) in [5.41, 5.74) is 2.87. The molecule has 0 aliphatic heterocycles. The van der Waals surface area contributed by atoms with E-state index in [1.807, 2.05) is 30.3 Å². The van der Waals surface area contributed by atoms with Crippen LogP contribution in [-0.2, 0) is 0 Å². The molecule has 0 fully saturated rings. The van der Waals surface area contributed by atoms with E-state index in [0.29, 0.717) is 0 Å². The summed E-state index contributed by atoms with van der Waals surface area (Å²) in [6, 6.07) is 9.77. The van der Waals surface area contributed by atoms with Gasteiger partial charge in [-0.2, -0.15) is 0 Å². The van der Waals surface area contributed by atoms with Gasteiger partial charge in [0.25, 0.3) is 0 Å². The predicted octanol–water partition coefficient (Wildman–Crippen LogP) is 3.80. The minimum absolute atomic E-state index is 0.781. The molecule has 0 bridgehead atoms. The van der Waals surface area contributed by atoms with Crippen LogP contribution >= 0.6 is 0 Å². The Bertz CT molecular complexity index is 692. The molecular weight excluding hydrogens is 262 g/mol. The molecule has 106 valence electrons. The number of methoxy groups -OCH3 is 1. The minimum Gasteiger partial charge on any atom is -0.496 e. The molecule has 1 aromatic carbocycles. The third-order valence-electron chi connectivity index (χ3n) is 3.32. The van der Waals surface area contributed by atoms with Crippen LogP contribution in [0.1, 0.15) is 12.8 Å². The highest BCUT2D eigenvalue weighted by molar-refractivity contribution is 5.69. The van der Waals surface area contributed by atoms with Gasteiger partial charge < -0.3 is 10.1 Å². The molecule has 0 saturated heterocycles. The van der Waals surface area contributed by atoms with Crippen molar-refractivity contribution in [3.63, 3.8) is 0 Å². The molecule has 1 aromatic heterocycles. The first-order valence-corrected chi connectivity index (χ1v) is 6.96. The number of rotatable bonds is 4. The Balaban J connectivity index is 1.89. The lowest BCUT2D eigenvalue weighted by molar-refractivity contribution is 0.416. The second-order valence-corrected chi connectivity index (χ2v) is 4.75. The molecule has 21 heavy (non-hydrogen) atoms. The zero-order valence-corrected chi connectivity index (χ0v) is 11.9. The number of anilines is 1. The first kappa shape index (κ1) is 13.4. The van der Waals surface area contributed by atoms with Crippen molar-refractivity contribution in [2.75, 3.05) is 12.4 Å². The number of benzene rings is 1. The Morgan fingerprint density at radius 3 is 2.86 bits per heavy atom. The maximum atomic E-state index is 5.39. The van der Waals surface area contributed by atoms with Crippen LogP contribution in [0, 0.1) is 0 Å². The predicted molar refractivity (Wildman–Crippen MR) is 84.1 cm³/mol. The molecule has 1 N–H and O–H groups in total. The van der Waals surface area contributed by atoms with E-state index in [1.165, 1.54) is 0 Å². The Kier molecular flexibility index (Phi) is 3.96. The number of nitrogens with zero attached hydrogens (tertiary/aromatic N) is 2. The Morgan fingerprint density at radius 1 is 1.14 bits per heavy atom. The average Bonchev–Trinajstić information content (AvgIpc) is 2.56. The van der Waals surface area contributed by atoms with Gasteiger partial charge in [-0.3, -0.25) is 0 Å². The maximum absolute atomic E-state index is 5.39. The smallest absolute Gasteiger partial charge is 0.134 e. The van der Waals surface area contributed by atoms with Crippen molar-refractivity contribution in [1.82, 2.24) is 9.97 Å². The summed E-state index contributed by atoms with van der Waals surface area (Å²) < 4.78 is 5.39. The highest BCUT2D eigenvalue weighted by Crippen LogP contribution is 2.29. The number of para-hydroxylation sites is 1. The third-order valence-corrected chi connectivity index (χ3v) is 3.32. The van der Waals surface area contributed by atoms with Crippen LogP contribution in [0.2, 0.25) is 0 Å². The number of hydrogen-bond donors (Lipinski definition) is 1. The molecule has 1 aliphatic carbocycles. The monoisotopic (exact) mass is 279 g/mol. The molecular formula is C17H17N3O. The van der Waals surface area contributed by atoms with Crippen LogP contribution in [0.5, 0.6) is 5.75 Å². The highest BCUT2D eigenvalue weighted by atomic mass is 16.5. The van der Waals surface area contributed by atoms with E-state index in [4.69, 9.17) is 4.74 Å². The van der Waals surface area contributed by atoms with E-state index in [-0.39, 0.29) is 0 Å². The molecule has 0 amide bonds. The van der Waals surface area contributed by atoms with Crippen LogP contribution < -0.4 is 10.1 Å². The van der Waals surface area contributed by atoms with E-state index < -0.39 is 0 Å². The topological polar surface area (TPSA) is 47.0 Å². The summed E-state index contributed by atoms with van der Waals surface area (Å²) in [6.07, 6.45) is 10.1. The highest BCUT2D eigenvalue weighted by Gasteiger charge is 2.08. The fourth-order valence-electron chi connectivity index (χ4n) is 2.28. The van der Waals surface area contributed by atoms with Gasteiger partial charge in [-0.05, 0) is 31.1 Å². The fraction of sp³-hybridized carbons (Fsp3) is 0.176.